The van der Waals surface area contributed by atoms with Crippen molar-refractivity contribution in [1.29, 1.82) is 0 Å². The fraction of sp³-hybridized carbons (Fsp3) is 0.182. The molecule has 0 unspecified atom stereocenters. The molecule has 0 aliphatic heterocycles. The summed E-state index contributed by atoms with van der Waals surface area (Å²) >= 11 is 0. The summed E-state index contributed by atoms with van der Waals surface area (Å²) in [6.07, 6.45) is 3.17. The van der Waals surface area contributed by atoms with Crippen molar-refractivity contribution in [1.82, 2.24) is 4.98 Å². The lowest BCUT2D eigenvalue weighted by molar-refractivity contribution is 0.407. The highest BCUT2D eigenvalue weighted by atomic mass is 16.5. The minimum atomic E-state index is 0.718. The monoisotopic (exact) mass is 189 g/mol. The van der Waals surface area contributed by atoms with Gasteiger partial charge in [0.15, 0.2) is 5.89 Å². The van der Waals surface area contributed by atoms with Gasteiger partial charge in [-0.2, -0.15) is 0 Å². The summed E-state index contributed by atoms with van der Waals surface area (Å²) in [5.74, 6) is 1.75. The average Bonchev–Trinajstić information content (AvgIpc) is 2.62. The molecule has 3 nitrogen and oxygen atoms in total. The Morgan fingerprint density at radius 2 is 2.21 bits per heavy atom. The van der Waals surface area contributed by atoms with Gasteiger partial charge in [-0.05, 0) is 11.3 Å². The van der Waals surface area contributed by atoms with Crippen LogP contribution in [0.15, 0.2) is 35.1 Å². The van der Waals surface area contributed by atoms with Crippen LogP contribution in [0.5, 0.6) is 5.75 Å². The van der Waals surface area contributed by atoms with Crippen molar-refractivity contribution >= 4 is 0 Å². The number of benzene rings is 1. The maximum Gasteiger partial charge on any atom is 0.190 e. The minimum Gasteiger partial charge on any atom is -0.496 e. The number of hydrogen-bond donors (Lipinski definition) is 0. The first-order valence-corrected chi connectivity index (χ1v) is 4.36. The van der Waals surface area contributed by atoms with E-state index in [1.54, 1.807) is 26.5 Å². The van der Waals surface area contributed by atoms with E-state index in [1.807, 2.05) is 6.07 Å². The van der Waals surface area contributed by atoms with Crippen LogP contribution in [0.4, 0.5) is 0 Å². The summed E-state index contributed by atoms with van der Waals surface area (Å²) in [6.45, 7) is 1.81. The van der Waals surface area contributed by atoms with Crippen molar-refractivity contribution in [3.8, 4) is 5.75 Å². The van der Waals surface area contributed by atoms with Crippen LogP contribution >= 0.6 is 0 Å². The Morgan fingerprint density at radius 1 is 1.36 bits per heavy atom. The van der Waals surface area contributed by atoms with Gasteiger partial charge in [0.2, 0.25) is 0 Å². The molecule has 72 valence electrons. The van der Waals surface area contributed by atoms with Crippen molar-refractivity contribution in [2.24, 2.45) is 0 Å². The van der Waals surface area contributed by atoms with Gasteiger partial charge in [-0.1, -0.05) is 12.1 Å². The van der Waals surface area contributed by atoms with Crippen molar-refractivity contribution < 1.29 is 9.15 Å². The van der Waals surface area contributed by atoms with Gasteiger partial charge >= 0.3 is 0 Å². The number of hydrogen-bond acceptors (Lipinski definition) is 3. The molecule has 2 aliphatic rings. The lowest BCUT2D eigenvalue weighted by atomic mass is 10.1. The van der Waals surface area contributed by atoms with Crippen molar-refractivity contribution in [3.05, 3.63) is 47.0 Å². The Labute approximate surface area is 81.7 Å². The summed E-state index contributed by atoms with van der Waals surface area (Å²) < 4.78 is 9.69. The molecule has 1 heterocycles. The summed E-state index contributed by atoms with van der Waals surface area (Å²) in [4.78, 5) is 3.75. The Hall–Kier alpha value is -1.77. The highest BCUT2D eigenvalue weighted by molar-refractivity contribution is 5.38. The van der Waals surface area contributed by atoms with Gasteiger partial charge in [0.25, 0.3) is 0 Å². The standard InChI is InChI=1S/C7H6O.C4H5NO/c1-8-7-4-5-2-3-6(5)7;1-4-5-2-3-6-4/h2-4H,1H3;2-3H,1H3. The molecular weight excluding hydrogens is 178 g/mol. The van der Waals surface area contributed by atoms with E-state index in [4.69, 9.17) is 9.15 Å². The summed E-state index contributed by atoms with van der Waals surface area (Å²) in [5, 5.41) is 2.62. The van der Waals surface area contributed by atoms with Crippen molar-refractivity contribution in [2.45, 2.75) is 6.92 Å². The number of rotatable bonds is 1. The molecule has 0 amide bonds. The van der Waals surface area contributed by atoms with E-state index in [-0.39, 0.29) is 0 Å². The topological polar surface area (TPSA) is 35.3 Å². The molecule has 0 fully saturated rings. The van der Waals surface area contributed by atoms with E-state index < -0.39 is 0 Å². The maximum absolute atomic E-state index is 4.97. The molecule has 0 aromatic carbocycles. The first kappa shape index (κ1) is 8.81. The van der Waals surface area contributed by atoms with E-state index >= 15 is 0 Å². The molecule has 2 aliphatic carbocycles. The van der Waals surface area contributed by atoms with Crippen LogP contribution < -0.4 is 4.74 Å². The minimum absolute atomic E-state index is 0.718. The number of ether oxygens (including phenoxy) is 1. The average molecular weight is 189 g/mol. The van der Waals surface area contributed by atoms with Crippen LogP contribution in [-0.2, 0) is 0 Å². The first-order valence-electron chi connectivity index (χ1n) is 4.36. The molecular formula is C11H11NO2. The van der Waals surface area contributed by atoms with E-state index in [0.29, 0.717) is 0 Å². The van der Waals surface area contributed by atoms with E-state index in [1.165, 1.54) is 10.4 Å². The fourth-order valence-electron chi connectivity index (χ4n) is 1.22. The van der Waals surface area contributed by atoms with Gasteiger partial charge in [-0.25, -0.2) is 4.98 Å². The second-order valence-electron chi connectivity index (χ2n) is 2.97. The van der Waals surface area contributed by atoms with Gasteiger partial charge in [-0.3, -0.25) is 0 Å². The lowest BCUT2D eigenvalue weighted by Crippen LogP contribution is -1.92. The second kappa shape index (κ2) is 3.54. The largest absolute Gasteiger partial charge is 0.496 e. The van der Waals surface area contributed by atoms with E-state index in [2.05, 4.69) is 17.1 Å². The molecule has 0 saturated heterocycles. The van der Waals surface area contributed by atoms with Gasteiger partial charge in [-0.15, -0.1) is 0 Å². The SMILES string of the molecule is COc1cc2ccc1=2.Cc1ncco1. The van der Waals surface area contributed by atoms with E-state index in [9.17, 15) is 0 Å². The molecule has 0 spiro atoms. The molecule has 0 bridgehead atoms. The second-order valence-corrected chi connectivity index (χ2v) is 2.97. The third-order valence-corrected chi connectivity index (χ3v) is 2.07. The van der Waals surface area contributed by atoms with Crippen LogP contribution in [-0.4, -0.2) is 12.1 Å². The van der Waals surface area contributed by atoms with Crippen LogP contribution in [0.1, 0.15) is 5.89 Å². The van der Waals surface area contributed by atoms with Crippen LogP contribution in [0.25, 0.3) is 0 Å². The highest BCUT2D eigenvalue weighted by Crippen LogP contribution is 2.22. The first-order chi connectivity index (χ1) is 6.81. The molecule has 14 heavy (non-hydrogen) atoms. The molecule has 1 aromatic rings. The fourth-order valence-corrected chi connectivity index (χ4v) is 1.22. The van der Waals surface area contributed by atoms with Crippen molar-refractivity contribution in [3.63, 3.8) is 0 Å². The van der Waals surface area contributed by atoms with Gasteiger partial charge in [0.05, 0.1) is 13.3 Å². The normalized spacial score (nSPS) is 10.1. The predicted octanol–water partition coefficient (Wildman–Crippen LogP) is 2.28. The molecule has 0 saturated carbocycles. The molecule has 1 aromatic heterocycles. The molecule has 3 heteroatoms. The van der Waals surface area contributed by atoms with E-state index in [0.717, 1.165) is 11.6 Å². The Kier molecular flexibility index (Phi) is 2.23. The maximum atomic E-state index is 4.97. The zero-order valence-electron chi connectivity index (χ0n) is 8.15. The Morgan fingerprint density at radius 3 is 2.36 bits per heavy atom. The summed E-state index contributed by atoms with van der Waals surface area (Å²) in [5.41, 5.74) is 0. The van der Waals surface area contributed by atoms with Crippen molar-refractivity contribution in [2.75, 3.05) is 7.11 Å². The Bertz CT molecular complexity index is 503. The molecule has 0 N–H and O–H groups in total. The Balaban J connectivity index is 0.000000112. The number of methoxy groups -OCH3 is 1. The van der Waals surface area contributed by atoms with Crippen LogP contribution in [0, 0.1) is 17.4 Å². The molecule has 0 atom stereocenters. The van der Waals surface area contributed by atoms with Gasteiger partial charge in [0.1, 0.15) is 12.0 Å². The lowest BCUT2D eigenvalue weighted by Gasteiger charge is -2.08. The molecule has 3 rings (SSSR count). The zero-order chi connectivity index (χ0) is 9.97. The highest BCUT2D eigenvalue weighted by Gasteiger charge is 2.03. The smallest absolute Gasteiger partial charge is 0.190 e. The third kappa shape index (κ3) is 1.48. The van der Waals surface area contributed by atoms with Crippen LogP contribution in [0.3, 0.4) is 0 Å². The summed E-state index contributed by atoms with van der Waals surface area (Å²) in [7, 11) is 1.70. The summed E-state index contributed by atoms with van der Waals surface area (Å²) in [6, 6.07) is 6.18. The van der Waals surface area contributed by atoms with Gasteiger partial charge in [0, 0.05) is 12.1 Å². The number of aryl methyl sites for hydroxylation is 1. The van der Waals surface area contributed by atoms with Gasteiger partial charge < -0.3 is 9.15 Å². The predicted molar refractivity (Wildman–Crippen MR) is 51.9 cm³/mol. The number of oxazole rings is 1. The number of nitrogens with zero attached hydrogens (tertiary/aromatic N) is 1. The molecule has 0 radical (unpaired) electrons. The third-order valence-electron chi connectivity index (χ3n) is 2.07. The zero-order valence-corrected chi connectivity index (χ0v) is 8.15. The number of aromatic nitrogens is 1. The van der Waals surface area contributed by atoms with Crippen LogP contribution in [0.2, 0.25) is 0 Å². The quantitative estimate of drug-likeness (QED) is 0.589.